The van der Waals surface area contributed by atoms with Gasteiger partial charge >= 0.3 is 0 Å². The van der Waals surface area contributed by atoms with Crippen LogP contribution in [0.3, 0.4) is 0 Å². The number of anilines is 3. The molecule has 1 aromatic heterocycles. The van der Waals surface area contributed by atoms with Crippen molar-refractivity contribution in [3.05, 3.63) is 48.2 Å². The zero-order chi connectivity index (χ0) is 18.5. The van der Waals surface area contributed by atoms with Crippen LogP contribution in [0.15, 0.2) is 42.6 Å². The number of amides is 1. The summed E-state index contributed by atoms with van der Waals surface area (Å²) in [7, 11) is 0. The van der Waals surface area contributed by atoms with Crippen LogP contribution in [0.1, 0.15) is 25.8 Å². The highest BCUT2D eigenvalue weighted by molar-refractivity contribution is 5.89. The third-order valence-electron chi connectivity index (χ3n) is 4.62. The summed E-state index contributed by atoms with van der Waals surface area (Å²) in [4.78, 5) is 21.0. The van der Waals surface area contributed by atoms with Crippen molar-refractivity contribution in [2.75, 3.05) is 41.3 Å². The maximum absolute atomic E-state index is 11.8. The number of hydrogen-bond acceptors (Lipinski definition) is 4. The topological polar surface area (TPSA) is 48.5 Å². The molecular weight excluding hydrogens is 324 g/mol. The van der Waals surface area contributed by atoms with Gasteiger partial charge in [0.15, 0.2) is 0 Å². The van der Waals surface area contributed by atoms with E-state index in [0.29, 0.717) is 18.2 Å². The number of nitrogens with zero attached hydrogens (tertiary/aromatic N) is 3. The lowest BCUT2D eigenvalue weighted by Gasteiger charge is -2.37. The molecule has 5 heteroatoms. The Balaban J connectivity index is 1.55. The molecule has 0 saturated carbocycles. The van der Waals surface area contributed by atoms with E-state index in [0.717, 1.165) is 31.9 Å². The monoisotopic (exact) mass is 352 g/mol. The van der Waals surface area contributed by atoms with Crippen molar-refractivity contribution in [3.8, 4) is 0 Å². The van der Waals surface area contributed by atoms with E-state index in [2.05, 4.69) is 51.3 Å². The molecule has 0 unspecified atom stereocenters. The van der Waals surface area contributed by atoms with Gasteiger partial charge in [0.05, 0.1) is 11.9 Å². The fourth-order valence-electron chi connectivity index (χ4n) is 3.26. The van der Waals surface area contributed by atoms with E-state index in [-0.39, 0.29) is 5.91 Å². The molecule has 2 aromatic rings. The summed E-state index contributed by atoms with van der Waals surface area (Å²) in [6.45, 7) is 10.1. The molecule has 1 fully saturated rings. The molecule has 2 heterocycles. The van der Waals surface area contributed by atoms with Crippen LogP contribution in [0.4, 0.5) is 17.2 Å². The van der Waals surface area contributed by atoms with Crippen molar-refractivity contribution in [3.63, 3.8) is 0 Å². The van der Waals surface area contributed by atoms with Crippen molar-refractivity contribution >= 4 is 23.1 Å². The van der Waals surface area contributed by atoms with Gasteiger partial charge in [-0.3, -0.25) is 4.79 Å². The molecule has 0 radical (unpaired) electrons. The van der Waals surface area contributed by atoms with Gasteiger partial charge in [0.2, 0.25) is 5.91 Å². The van der Waals surface area contributed by atoms with Gasteiger partial charge in [0.25, 0.3) is 0 Å². The van der Waals surface area contributed by atoms with Gasteiger partial charge < -0.3 is 15.1 Å². The molecule has 1 aliphatic rings. The third-order valence-corrected chi connectivity index (χ3v) is 4.62. The number of carbonyl (C=O) groups is 1. The summed E-state index contributed by atoms with van der Waals surface area (Å²) in [5.41, 5.74) is 3.70. The molecule has 26 heavy (non-hydrogen) atoms. The van der Waals surface area contributed by atoms with E-state index >= 15 is 0 Å². The number of hydrogen-bond donors (Lipinski definition) is 1. The largest absolute Gasteiger partial charge is 0.368 e. The standard InChI is InChI=1S/C21H28N4O/c1-16(2)13-21(26)23-20-8-7-19(15-22-20)25-11-9-24(10-12-25)18-6-4-5-17(3)14-18/h4-8,14-16H,9-13H2,1-3H3,(H,22,23,26). The minimum Gasteiger partial charge on any atom is -0.368 e. The lowest BCUT2D eigenvalue weighted by molar-refractivity contribution is -0.116. The van der Waals surface area contributed by atoms with Gasteiger partial charge in [-0.05, 0) is 42.7 Å². The molecule has 1 N–H and O–H groups in total. The molecule has 0 spiro atoms. The minimum absolute atomic E-state index is 0.0204. The second-order valence-electron chi connectivity index (χ2n) is 7.36. The van der Waals surface area contributed by atoms with Crippen LogP contribution in [0.25, 0.3) is 0 Å². The Morgan fingerprint density at radius 2 is 1.77 bits per heavy atom. The molecule has 0 atom stereocenters. The lowest BCUT2D eigenvalue weighted by atomic mass is 10.1. The van der Waals surface area contributed by atoms with Crippen molar-refractivity contribution < 1.29 is 4.79 Å². The first-order chi connectivity index (χ1) is 12.5. The predicted octanol–water partition coefficient (Wildman–Crippen LogP) is 3.70. The van der Waals surface area contributed by atoms with Gasteiger partial charge in [-0.2, -0.15) is 0 Å². The minimum atomic E-state index is 0.0204. The zero-order valence-corrected chi connectivity index (χ0v) is 15.9. The lowest BCUT2D eigenvalue weighted by Crippen LogP contribution is -2.46. The van der Waals surface area contributed by atoms with Crippen molar-refractivity contribution in [1.29, 1.82) is 0 Å². The Hall–Kier alpha value is -2.56. The van der Waals surface area contributed by atoms with Gasteiger partial charge in [-0.1, -0.05) is 26.0 Å². The number of benzene rings is 1. The van der Waals surface area contributed by atoms with Gasteiger partial charge in [0.1, 0.15) is 5.82 Å². The molecule has 0 bridgehead atoms. The molecule has 5 nitrogen and oxygen atoms in total. The van der Waals surface area contributed by atoms with E-state index in [9.17, 15) is 4.79 Å². The summed E-state index contributed by atoms with van der Waals surface area (Å²) in [6.07, 6.45) is 2.37. The summed E-state index contributed by atoms with van der Waals surface area (Å²) in [5.74, 6) is 0.990. The molecule has 1 amide bonds. The maximum atomic E-state index is 11.8. The highest BCUT2D eigenvalue weighted by Crippen LogP contribution is 2.21. The van der Waals surface area contributed by atoms with Gasteiger partial charge in [-0.15, -0.1) is 0 Å². The van der Waals surface area contributed by atoms with Crippen molar-refractivity contribution in [2.24, 2.45) is 5.92 Å². The number of nitrogens with one attached hydrogen (secondary N) is 1. The third kappa shape index (κ3) is 4.75. The Morgan fingerprint density at radius 3 is 2.35 bits per heavy atom. The molecule has 1 saturated heterocycles. The Labute approximate surface area is 156 Å². The Morgan fingerprint density at radius 1 is 1.08 bits per heavy atom. The second-order valence-corrected chi connectivity index (χ2v) is 7.36. The molecule has 3 rings (SSSR count). The van der Waals surface area contributed by atoms with Gasteiger partial charge in [-0.25, -0.2) is 4.98 Å². The highest BCUT2D eigenvalue weighted by atomic mass is 16.1. The second kappa shape index (κ2) is 8.21. The first-order valence-electron chi connectivity index (χ1n) is 9.34. The Bertz CT molecular complexity index is 734. The van der Waals surface area contributed by atoms with E-state index in [1.54, 1.807) is 0 Å². The van der Waals surface area contributed by atoms with Crippen LogP contribution in [-0.2, 0) is 4.79 Å². The smallest absolute Gasteiger partial charge is 0.225 e. The maximum Gasteiger partial charge on any atom is 0.225 e. The van der Waals surface area contributed by atoms with Crippen LogP contribution in [-0.4, -0.2) is 37.1 Å². The molecule has 1 aliphatic heterocycles. The molecule has 138 valence electrons. The number of rotatable bonds is 5. The number of aromatic nitrogens is 1. The summed E-state index contributed by atoms with van der Waals surface area (Å²) < 4.78 is 0. The van der Waals surface area contributed by atoms with Crippen LogP contribution in [0.5, 0.6) is 0 Å². The van der Waals surface area contributed by atoms with Crippen LogP contribution in [0, 0.1) is 12.8 Å². The van der Waals surface area contributed by atoms with E-state index in [1.807, 2.05) is 32.2 Å². The average molecular weight is 352 g/mol. The first-order valence-corrected chi connectivity index (χ1v) is 9.34. The van der Waals surface area contributed by atoms with E-state index in [1.165, 1.54) is 11.3 Å². The summed E-state index contributed by atoms with van der Waals surface area (Å²) >= 11 is 0. The fraction of sp³-hybridized carbons (Fsp3) is 0.429. The SMILES string of the molecule is Cc1cccc(N2CCN(c3ccc(NC(=O)CC(C)C)nc3)CC2)c1. The zero-order valence-electron chi connectivity index (χ0n) is 15.9. The number of pyridine rings is 1. The predicted molar refractivity (Wildman–Crippen MR) is 108 cm³/mol. The van der Waals surface area contributed by atoms with Gasteiger partial charge in [0, 0.05) is 38.3 Å². The van der Waals surface area contributed by atoms with E-state index < -0.39 is 0 Å². The summed E-state index contributed by atoms with van der Waals surface area (Å²) in [6, 6.07) is 12.6. The van der Waals surface area contributed by atoms with Crippen molar-refractivity contribution in [1.82, 2.24) is 4.98 Å². The average Bonchev–Trinajstić information content (AvgIpc) is 2.62. The first kappa shape index (κ1) is 18.2. The molecule has 1 aromatic carbocycles. The number of carbonyl (C=O) groups excluding carboxylic acids is 1. The van der Waals surface area contributed by atoms with Crippen molar-refractivity contribution in [2.45, 2.75) is 27.2 Å². The molecule has 0 aliphatic carbocycles. The molecular formula is C21H28N4O. The van der Waals surface area contributed by atoms with Crippen LogP contribution in [0.2, 0.25) is 0 Å². The Kier molecular flexibility index (Phi) is 5.76. The normalized spacial score (nSPS) is 14.6. The summed E-state index contributed by atoms with van der Waals surface area (Å²) in [5, 5.41) is 2.86. The quantitative estimate of drug-likeness (QED) is 0.891. The fourth-order valence-corrected chi connectivity index (χ4v) is 3.26. The number of piperazine rings is 1. The number of aryl methyl sites for hydroxylation is 1. The highest BCUT2D eigenvalue weighted by Gasteiger charge is 2.18. The van der Waals surface area contributed by atoms with E-state index in [4.69, 9.17) is 0 Å². The van der Waals surface area contributed by atoms with Crippen LogP contribution >= 0.6 is 0 Å². The van der Waals surface area contributed by atoms with Crippen LogP contribution < -0.4 is 15.1 Å².